The summed E-state index contributed by atoms with van der Waals surface area (Å²) in [5.41, 5.74) is 2.60. The second-order valence-electron chi connectivity index (χ2n) is 4.65. The fraction of sp³-hybridized carbons (Fsp3) is 0.636. The van der Waals surface area contributed by atoms with E-state index in [9.17, 15) is 0 Å². The minimum atomic E-state index is 0.133. The molecule has 0 aliphatic carbocycles. The molecule has 0 bridgehead atoms. The van der Waals surface area contributed by atoms with Crippen LogP contribution in [0, 0.1) is 5.41 Å². The number of nitrogens with one attached hydrogen (secondary N) is 1. The van der Waals surface area contributed by atoms with Crippen molar-refractivity contribution in [3.05, 3.63) is 11.8 Å². The highest BCUT2D eigenvalue weighted by molar-refractivity contribution is 7.80. The molecule has 0 radical (unpaired) electrons. The van der Waals surface area contributed by atoms with E-state index in [1.54, 1.807) is 0 Å². The molecule has 2 aliphatic heterocycles. The van der Waals surface area contributed by atoms with Gasteiger partial charge in [-0.15, -0.1) is 0 Å². The van der Waals surface area contributed by atoms with Crippen molar-refractivity contribution in [2.75, 3.05) is 6.54 Å². The third-order valence-electron chi connectivity index (χ3n) is 2.82. The van der Waals surface area contributed by atoms with Gasteiger partial charge in [0.25, 0.3) is 0 Å². The Bertz CT molecular complexity index is 318. The van der Waals surface area contributed by atoms with Crippen molar-refractivity contribution in [3.8, 4) is 0 Å². The molecule has 14 heavy (non-hydrogen) atoms. The number of aliphatic imine (C=N–C) groups is 1. The molecule has 0 spiro atoms. The number of thiocarbonyl (C=S) groups is 1. The minimum absolute atomic E-state index is 0.133. The second kappa shape index (κ2) is 3.46. The summed E-state index contributed by atoms with van der Waals surface area (Å²) in [5.74, 6) is 0. The van der Waals surface area contributed by atoms with Crippen LogP contribution in [0.1, 0.15) is 33.1 Å². The molecule has 0 amide bonds. The maximum Gasteiger partial charge on any atom is 0.104 e. The van der Waals surface area contributed by atoms with Crippen LogP contribution in [0.25, 0.3) is 0 Å². The highest BCUT2D eigenvalue weighted by atomic mass is 32.1. The first-order chi connectivity index (χ1) is 6.58. The molecule has 0 aromatic heterocycles. The maximum absolute atomic E-state index is 5.15. The Hall–Kier alpha value is -0.700. The first kappa shape index (κ1) is 9.84. The first-order valence-electron chi connectivity index (χ1n) is 5.14. The molecular weight excluding hydrogens is 192 g/mol. The topological polar surface area (TPSA) is 24.4 Å². The largest absolute Gasteiger partial charge is 0.388 e. The summed E-state index contributed by atoms with van der Waals surface area (Å²) in [6, 6.07) is 0. The summed E-state index contributed by atoms with van der Waals surface area (Å²) < 4.78 is 0. The van der Waals surface area contributed by atoms with Gasteiger partial charge >= 0.3 is 0 Å². The van der Waals surface area contributed by atoms with Crippen molar-refractivity contribution in [1.29, 1.82) is 0 Å². The normalized spacial score (nSPS) is 28.0. The number of rotatable bonds is 1. The zero-order chi connectivity index (χ0) is 10.2. The lowest BCUT2D eigenvalue weighted by Gasteiger charge is -2.17. The number of hydrogen-bond acceptors (Lipinski definition) is 2. The van der Waals surface area contributed by atoms with E-state index in [1.165, 1.54) is 12.1 Å². The van der Waals surface area contributed by atoms with Gasteiger partial charge in [-0.25, -0.2) is 4.99 Å². The molecule has 0 unspecified atom stereocenters. The molecule has 2 nitrogen and oxygen atoms in total. The van der Waals surface area contributed by atoms with E-state index in [1.807, 2.05) is 0 Å². The summed E-state index contributed by atoms with van der Waals surface area (Å²) in [6.07, 6.45) is 5.50. The van der Waals surface area contributed by atoms with E-state index < -0.39 is 0 Å². The predicted octanol–water partition coefficient (Wildman–Crippen LogP) is 2.45. The molecule has 76 valence electrons. The summed E-state index contributed by atoms with van der Waals surface area (Å²) in [4.78, 5) is 5.28. The molecule has 2 rings (SSSR count). The van der Waals surface area contributed by atoms with Gasteiger partial charge < -0.3 is 5.32 Å². The Labute approximate surface area is 90.5 Å². The van der Waals surface area contributed by atoms with Crippen LogP contribution in [-0.2, 0) is 0 Å². The molecule has 1 N–H and O–H groups in total. The molecule has 0 saturated carbocycles. The number of allylic oxidation sites excluding steroid dienone is 2. The lowest BCUT2D eigenvalue weighted by molar-refractivity contribution is 0.568. The fourth-order valence-electron chi connectivity index (χ4n) is 1.93. The Morgan fingerprint density at radius 2 is 2.29 bits per heavy atom. The molecule has 2 aliphatic rings. The van der Waals surface area contributed by atoms with Crippen LogP contribution in [0.3, 0.4) is 0 Å². The van der Waals surface area contributed by atoms with Gasteiger partial charge in [0.05, 0.1) is 0 Å². The Morgan fingerprint density at radius 3 is 2.79 bits per heavy atom. The monoisotopic (exact) mass is 208 g/mol. The SMILES string of the molecule is CC1(C)CC(=S)N=C1/C=C1/CCCN1. The second-order valence-corrected chi connectivity index (χ2v) is 5.12. The molecule has 1 fully saturated rings. The van der Waals surface area contributed by atoms with Crippen molar-refractivity contribution < 1.29 is 0 Å². The van der Waals surface area contributed by atoms with Gasteiger partial charge in [0.2, 0.25) is 0 Å². The van der Waals surface area contributed by atoms with Crippen LogP contribution < -0.4 is 5.32 Å². The van der Waals surface area contributed by atoms with Crippen LogP contribution in [0.4, 0.5) is 0 Å². The average Bonchev–Trinajstić information content (AvgIpc) is 2.61. The van der Waals surface area contributed by atoms with E-state index >= 15 is 0 Å². The molecule has 0 aromatic carbocycles. The highest BCUT2D eigenvalue weighted by Crippen LogP contribution is 2.31. The van der Waals surface area contributed by atoms with Crippen LogP contribution >= 0.6 is 12.2 Å². The Balaban J connectivity index is 2.21. The fourth-order valence-corrected chi connectivity index (χ4v) is 2.39. The maximum atomic E-state index is 5.15. The van der Waals surface area contributed by atoms with Gasteiger partial charge in [0.15, 0.2) is 0 Å². The lowest BCUT2D eigenvalue weighted by atomic mass is 9.86. The van der Waals surface area contributed by atoms with Gasteiger partial charge in [-0.1, -0.05) is 26.1 Å². The highest BCUT2D eigenvalue weighted by Gasteiger charge is 2.31. The third-order valence-corrected chi connectivity index (χ3v) is 3.05. The van der Waals surface area contributed by atoms with Crippen molar-refractivity contribution in [2.24, 2.45) is 10.4 Å². The van der Waals surface area contributed by atoms with Gasteiger partial charge in [0.1, 0.15) is 4.99 Å². The van der Waals surface area contributed by atoms with Gasteiger partial charge in [-0.2, -0.15) is 0 Å². The standard InChI is InChI=1S/C11H16N2S/c1-11(2)7-10(14)13-9(11)6-8-4-3-5-12-8/h6,12H,3-5,7H2,1-2H3/b8-6-. The summed E-state index contributed by atoms with van der Waals surface area (Å²) in [7, 11) is 0. The van der Waals surface area contributed by atoms with Crippen molar-refractivity contribution >= 4 is 22.9 Å². The quantitative estimate of drug-likeness (QED) is 0.669. The van der Waals surface area contributed by atoms with Gasteiger partial charge in [-0.3, -0.25) is 0 Å². The smallest absolute Gasteiger partial charge is 0.104 e. The summed E-state index contributed by atoms with van der Waals surface area (Å²) in [6.45, 7) is 5.51. The van der Waals surface area contributed by atoms with E-state index in [-0.39, 0.29) is 5.41 Å². The van der Waals surface area contributed by atoms with E-state index in [0.29, 0.717) is 0 Å². The summed E-state index contributed by atoms with van der Waals surface area (Å²) in [5, 5.41) is 3.37. The zero-order valence-corrected chi connectivity index (χ0v) is 9.58. The molecular formula is C11H16N2S. The van der Waals surface area contributed by atoms with Crippen LogP contribution in [-0.4, -0.2) is 17.2 Å². The summed E-state index contributed by atoms with van der Waals surface area (Å²) >= 11 is 5.15. The average molecular weight is 208 g/mol. The first-order valence-corrected chi connectivity index (χ1v) is 5.55. The van der Waals surface area contributed by atoms with Gasteiger partial charge in [0, 0.05) is 29.8 Å². The lowest BCUT2D eigenvalue weighted by Crippen LogP contribution is -2.19. The molecule has 3 heteroatoms. The van der Waals surface area contributed by atoms with E-state index in [2.05, 4.69) is 30.2 Å². The number of nitrogens with zero attached hydrogens (tertiary/aromatic N) is 1. The van der Waals surface area contributed by atoms with Crippen molar-refractivity contribution in [3.63, 3.8) is 0 Å². The van der Waals surface area contributed by atoms with Crippen molar-refractivity contribution in [2.45, 2.75) is 33.1 Å². The molecule has 1 saturated heterocycles. The molecule has 0 aromatic rings. The number of hydrogen-bond donors (Lipinski definition) is 1. The van der Waals surface area contributed by atoms with Crippen molar-refractivity contribution in [1.82, 2.24) is 5.32 Å². The van der Waals surface area contributed by atoms with Gasteiger partial charge in [-0.05, 0) is 18.9 Å². The Morgan fingerprint density at radius 1 is 1.50 bits per heavy atom. The van der Waals surface area contributed by atoms with E-state index in [4.69, 9.17) is 12.2 Å². The molecule has 2 heterocycles. The van der Waals surface area contributed by atoms with Crippen LogP contribution in [0.15, 0.2) is 16.8 Å². The third kappa shape index (κ3) is 1.87. The minimum Gasteiger partial charge on any atom is -0.388 e. The zero-order valence-electron chi connectivity index (χ0n) is 8.76. The van der Waals surface area contributed by atoms with Crippen LogP contribution in [0.5, 0.6) is 0 Å². The Kier molecular flexibility index (Phi) is 2.43. The van der Waals surface area contributed by atoms with E-state index in [0.717, 1.165) is 30.1 Å². The predicted molar refractivity (Wildman–Crippen MR) is 63.8 cm³/mol. The molecule has 0 atom stereocenters. The van der Waals surface area contributed by atoms with Crippen LogP contribution in [0.2, 0.25) is 0 Å².